The van der Waals surface area contributed by atoms with E-state index in [-0.39, 0.29) is 0 Å². The van der Waals surface area contributed by atoms with Gasteiger partial charge in [-0.05, 0) is 13.0 Å². The van der Waals surface area contributed by atoms with Crippen molar-refractivity contribution in [2.75, 3.05) is 45.9 Å². The van der Waals surface area contributed by atoms with E-state index in [1.54, 1.807) is 0 Å². The third-order valence-corrected chi connectivity index (χ3v) is 4.35. The van der Waals surface area contributed by atoms with E-state index < -0.39 is 0 Å². The number of nitrogens with zero attached hydrogens (tertiary/aromatic N) is 3. The lowest BCUT2D eigenvalue weighted by atomic mass is 10.2. The molecule has 1 unspecified atom stereocenters. The number of hydrogen-bond donors (Lipinski definition) is 1. The van der Waals surface area contributed by atoms with Gasteiger partial charge in [0.25, 0.3) is 0 Å². The predicted octanol–water partition coefficient (Wildman–Crippen LogP) is 0.691. The molecule has 0 radical (unpaired) electrons. The molecule has 1 aromatic rings. The Hall–Kier alpha value is -0.950. The first kappa shape index (κ1) is 15.0. The molecule has 2 saturated heterocycles. The van der Waals surface area contributed by atoms with Gasteiger partial charge < -0.3 is 14.6 Å². The van der Waals surface area contributed by atoms with Gasteiger partial charge in [-0.2, -0.15) is 0 Å². The Kier molecular flexibility index (Phi) is 5.24. The fourth-order valence-corrected chi connectivity index (χ4v) is 3.18. The van der Waals surface area contributed by atoms with Gasteiger partial charge >= 0.3 is 0 Å². The molecule has 2 aliphatic rings. The summed E-state index contributed by atoms with van der Waals surface area (Å²) >= 11 is 0. The fraction of sp³-hybridized carbons (Fsp3) is 0.800. The predicted molar refractivity (Wildman–Crippen MR) is 80.0 cm³/mol. The van der Waals surface area contributed by atoms with Gasteiger partial charge in [-0.15, -0.1) is 0 Å². The average molecular weight is 294 g/mol. The molecule has 3 heterocycles. The van der Waals surface area contributed by atoms with Crippen LogP contribution in [-0.4, -0.2) is 66.9 Å². The van der Waals surface area contributed by atoms with Crippen molar-refractivity contribution in [3.8, 4) is 0 Å². The molecule has 6 nitrogen and oxygen atoms in total. The van der Waals surface area contributed by atoms with E-state index in [2.05, 4.69) is 33.3 Å². The van der Waals surface area contributed by atoms with Crippen molar-refractivity contribution in [1.82, 2.24) is 20.3 Å². The van der Waals surface area contributed by atoms with Gasteiger partial charge in [0.15, 0.2) is 5.76 Å². The summed E-state index contributed by atoms with van der Waals surface area (Å²) in [5.41, 5.74) is 0.996. The SMILES string of the molecule is CCNCc1cc(CN2CCC(N3CCOCC3)C2)on1. The Labute approximate surface area is 126 Å². The summed E-state index contributed by atoms with van der Waals surface area (Å²) in [7, 11) is 0. The summed E-state index contributed by atoms with van der Waals surface area (Å²) < 4.78 is 10.9. The Morgan fingerprint density at radius 2 is 2.19 bits per heavy atom. The van der Waals surface area contributed by atoms with Crippen LogP contribution in [0.4, 0.5) is 0 Å². The summed E-state index contributed by atoms with van der Waals surface area (Å²) in [6.07, 6.45) is 1.25. The fourth-order valence-electron chi connectivity index (χ4n) is 3.18. The molecule has 1 aromatic heterocycles. The lowest BCUT2D eigenvalue weighted by Crippen LogP contribution is -2.44. The van der Waals surface area contributed by atoms with Crippen LogP contribution in [0.25, 0.3) is 0 Å². The third-order valence-electron chi connectivity index (χ3n) is 4.35. The zero-order chi connectivity index (χ0) is 14.5. The van der Waals surface area contributed by atoms with Crippen molar-refractivity contribution < 1.29 is 9.26 Å². The minimum Gasteiger partial charge on any atom is -0.379 e. The van der Waals surface area contributed by atoms with Gasteiger partial charge in [0.2, 0.25) is 0 Å². The van der Waals surface area contributed by atoms with Crippen LogP contribution in [0.1, 0.15) is 24.8 Å². The third kappa shape index (κ3) is 4.03. The maximum absolute atomic E-state index is 5.44. The highest BCUT2D eigenvalue weighted by molar-refractivity contribution is 5.05. The summed E-state index contributed by atoms with van der Waals surface area (Å²) in [4.78, 5) is 5.04. The van der Waals surface area contributed by atoms with Gasteiger partial charge in [0.05, 0.1) is 25.5 Å². The van der Waals surface area contributed by atoms with E-state index >= 15 is 0 Å². The number of ether oxygens (including phenoxy) is 1. The topological polar surface area (TPSA) is 53.8 Å². The largest absolute Gasteiger partial charge is 0.379 e. The van der Waals surface area contributed by atoms with Crippen LogP contribution >= 0.6 is 0 Å². The molecule has 0 bridgehead atoms. The van der Waals surface area contributed by atoms with Crippen molar-refractivity contribution >= 4 is 0 Å². The van der Waals surface area contributed by atoms with Crippen LogP contribution in [-0.2, 0) is 17.8 Å². The van der Waals surface area contributed by atoms with E-state index in [9.17, 15) is 0 Å². The lowest BCUT2D eigenvalue weighted by Gasteiger charge is -2.32. The second-order valence-corrected chi connectivity index (χ2v) is 5.89. The molecule has 3 rings (SSSR count). The molecule has 0 amide bonds. The quantitative estimate of drug-likeness (QED) is 0.833. The number of rotatable bonds is 6. The average Bonchev–Trinajstić information content (AvgIpc) is 3.16. The van der Waals surface area contributed by atoms with E-state index in [4.69, 9.17) is 9.26 Å². The molecular formula is C15H26N4O2. The minimum atomic E-state index is 0.679. The Morgan fingerprint density at radius 3 is 3.00 bits per heavy atom. The highest BCUT2D eigenvalue weighted by atomic mass is 16.5. The highest BCUT2D eigenvalue weighted by Gasteiger charge is 2.29. The molecule has 0 saturated carbocycles. The summed E-state index contributed by atoms with van der Waals surface area (Å²) in [6.45, 7) is 10.9. The van der Waals surface area contributed by atoms with Crippen LogP contribution in [0, 0.1) is 0 Å². The molecule has 1 atom stereocenters. The second-order valence-electron chi connectivity index (χ2n) is 5.89. The molecular weight excluding hydrogens is 268 g/mol. The van der Waals surface area contributed by atoms with E-state index in [0.717, 1.165) is 70.5 Å². The minimum absolute atomic E-state index is 0.679. The van der Waals surface area contributed by atoms with Gasteiger partial charge in [0, 0.05) is 44.8 Å². The molecule has 1 N–H and O–H groups in total. The van der Waals surface area contributed by atoms with Crippen LogP contribution < -0.4 is 5.32 Å². The molecule has 2 fully saturated rings. The zero-order valence-electron chi connectivity index (χ0n) is 12.9. The Balaban J connectivity index is 1.46. The van der Waals surface area contributed by atoms with Crippen molar-refractivity contribution in [1.29, 1.82) is 0 Å². The number of hydrogen-bond acceptors (Lipinski definition) is 6. The lowest BCUT2D eigenvalue weighted by molar-refractivity contribution is 0.0182. The number of aromatic nitrogens is 1. The van der Waals surface area contributed by atoms with Crippen LogP contribution in [0.15, 0.2) is 10.6 Å². The molecule has 21 heavy (non-hydrogen) atoms. The van der Waals surface area contributed by atoms with Crippen LogP contribution in [0.3, 0.4) is 0 Å². The Morgan fingerprint density at radius 1 is 1.33 bits per heavy atom. The van der Waals surface area contributed by atoms with E-state index in [1.807, 2.05) is 0 Å². The normalized spacial score (nSPS) is 24.7. The first-order valence-corrected chi connectivity index (χ1v) is 8.04. The molecule has 0 aromatic carbocycles. The highest BCUT2D eigenvalue weighted by Crippen LogP contribution is 2.19. The van der Waals surface area contributed by atoms with E-state index in [0.29, 0.717) is 6.04 Å². The van der Waals surface area contributed by atoms with Crippen molar-refractivity contribution in [2.45, 2.75) is 32.5 Å². The summed E-state index contributed by atoms with van der Waals surface area (Å²) in [5, 5.41) is 7.38. The Bertz CT molecular complexity index is 431. The molecule has 6 heteroatoms. The van der Waals surface area contributed by atoms with Gasteiger partial charge in [0.1, 0.15) is 0 Å². The number of morpholine rings is 1. The van der Waals surface area contributed by atoms with Gasteiger partial charge in [-0.25, -0.2) is 0 Å². The van der Waals surface area contributed by atoms with Crippen LogP contribution in [0.5, 0.6) is 0 Å². The maximum Gasteiger partial charge on any atom is 0.151 e. The standard InChI is InChI=1S/C15H26N4O2/c1-2-16-10-13-9-15(21-17-13)12-18-4-3-14(11-18)19-5-7-20-8-6-19/h9,14,16H,2-8,10-12H2,1H3. The van der Waals surface area contributed by atoms with E-state index in [1.165, 1.54) is 6.42 Å². The van der Waals surface area contributed by atoms with Crippen molar-refractivity contribution in [3.63, 3.8) is 0 Å². The first-order chi connectivity index (χ1) is 10.3. The maximum atomic E-state index is 5.44. The first-order valence-electron chi connectivity index (χ1n) is 8.04. The monoisotopic (exact) mass is 294 g/mol. The molecule has 0 spiro atoms. The van der Waals surface area contributed by atoms with Crippen molar-refractivity contribution in [2.24, 2.45) is 0 Å². The summed E-state index contributed by atoms with van der Waals surface area (Å²) in [5.74, 6) is 0.977. The summed E-state index contributed by atoms with van der Waals surface area (Å²) in [6, 6.07) is 2.75. The van der Waals surface area contributed by atoms with Crippen molar-refractivity contribution in [3.05, 3.63) is 17.5 Å². The number of likely N-dealkylation sites (tertiary alicyclic amines) is 1. The number of nitrogens with one attached hydrogen (secondary N) is 1. The van der Waals surface area contributed by atoms with Gasteiger partial charge in [-0.3, -0.25) is 9.80 Å². The zero-order valence-corrected chi connectivity index (χ0v) is 12.9. The smallest absolute Gasteiger partial charge is 0.151 e. The van der Waals surface area contributed by atoms with Gasteiger partial charge in [-0.1, -0.05) is 12.1 Å². The molecule has 0 aliphatic carbocycles. The molecule has 2 aliphatic heterocycles. The molecule has 118 valence electrons. The second kappa shape index (κ2) is 7.35. The van der Waals surface area contributed by atoms with Crippen LogP contribution in [0.2, 0.25) is 0 Å².